The van der Waals surface area contributed by atoms with Crippen LogP contribution in [0.3, 0.4) is 0 Å². The summed E-state index contributed by atoms with van der Waals surface area (Å²) in [7, 11) is 0. The number of amides is 1. The van der Waals surface area contributed by atoms with Crippen LogP contribution in [0.2, 0.25) is 5.02 Å². The average molecular weight is 341 g/mol. The van der Waals surface area contributed by atoms with Gasteiger partial charge < -0.3 is 14.7 Å². The first-order valence-electron chi connectivity index (χ1n) is 7.88. The second-order valence-electron chi connectivity index (χ2n) is 6.84. The third-order valence-corrected chi connectivity index (χ3v) is 3.92. The Labute approximate surface area is 142 Å². The molecule has 128 valence electrons. The van der Waals surface area contributed by atoms with Crippen LogP contribution in [0.5, 0.6) is 0 Å². The van der Waals surface area contributed by atoms with Gasteiger partial charge in [0.1, 0.15) is 5.60 Å². The van der Waals surface area contributed by atoms with E-state index in [0.29, 0.717) is 24.7 Å². The van der Waals surface area contributed by atoms with E-state index in [0.717, 1.165) is 18.7 Å². The Bertz CT molecular complexity index is 537. The molecule has 1 heterocycles. The van der Waals surface area contributed by atoms with E-state index in [1.54, 1.807) is 17.0 Å². The van der Waals surface area contributed by atoms with Crippen molar-refractivity contribution in [3.63, 3.8) is 0 Å². The van der Waals surface area contributed by atoms with E-state index in [1.807, 2.05) is 32.9 Å². The Balaban J connectivity index is 1.81. The van der Waals surface area contributed by atoms with Crippen LogP contribution in [0, 0.1) is 0 Å². The largest absolute Gasteiger partial charge is 0.444 e. The molecule has 0 bridgehead atoms. The Morgan fingerprint density at radius 3 is 2.52 bits per heavy atom. The first-order chi connectivity index (χ1) is 10.7. The van der Waals surface area contributed by atoms with E-state index in [9.17, 15) is 9.90 Å². The van der Waals surface area contributed by atoms with Gasteiger partial charge in [-0.3, -0.25) is 4.90 Å². The predicted octanol–water partition coefficient (Wildman–Crippen LogP) is 2.93. The van der Waals surface area contributed by atoms with Gasteiger partial charge in [0.2, 0.25) is 0 Å². The molecule has 0 radical (unpaired) electrons. The van der Waals surface area contributed by atoms with Crippen molar-refractivity contribution in [3.05, 3.63) is 34.9 Å². The van der Waals surface area contributed by atoms with Crippen molar-refractivity contribution < 1.29 is 14.6 Å². The first kappa shape index (κ1) is 18.0. The van der Waals surface area contributed by atoms with Gasteiger partial charge in [0, 0.05) is 37.7 Å². The van der Waals surface area contributed by atoms with Crippen molar-refractivity contribution in [3.8, 4) is 0 Å². The summed E-state index contributed by atoms with van der Waals surface area (Å²) in [6, 6.07) is 7.27. The molecular weight excluding hydrogens is 316 g/mol. The first-order valence-corrected chi connectivity index (χ1v) is 8.26. The summed E-state index contributed by atoms with van der Waals surface area (Å²) in [6.07, 6.45) is -0.852. The zero-order chi connectivity index (χ0) is 17.0. The van der Waals surface area contributed by atoms with E-state index >= 15 is 0 Å². The minimum absolute atomic E-state index is 0.271. The number of hydrogen-bond acceptors (Lipinski definition) is 4. The average Bonchev–Trinajstić information content (AvgIpc) is 2.46. The number of aliphatic hydroxyl groups is 1. The van der Waals surface area contributed by atoms with Crippen LogP contribution in [0.15, 0.2) is 24.3 Å². The molecule has 1 atom stereocenters. The van der Waals surface area contributed by atoms with E-state index < -0.39 is 11.7 Å². The van der Waals surface area contributed by atoms with Crippen molar-refractivity contribution >= 4 is 17.7 Å². The van der Waals surface area contributed by atoms with Crippen LogP contribution in [-0.2, 0) is 4.74 Å². The Morgan fingerprint density at radius 1 is 1.30 bits per heavy atom. The number of benzene rings is 1. The summed E-state index contributed by atoms with van der Waals surface area (Å²) < 4.78 is 5.38. The highest BCUT2D eigenvalue weighted by Crippen LogP contribution is 2.19. The molecule has 1 aliphatic rings. The molecule has 1 saturated heterocycles. The molecule has 23 heavy (non-hydrogen) atoms. The molecule has 1 fully saturated rings. The molecule has 1 aromatic rings. The van der Waals surface area contributed by atoms with Gasteiger partial charge in [-0.2, -0.15) is 0 Å². The standard InChI is InChI=1S/C17H25ClN2O3/c1-17(2,3)23-16(22)20-9-7-19(8-10-20)12-15(21)13-5-4-6-14(18)11-13/h4-6,11,15,21H,7-10,12H2,1-3H3/t15-/m1/s1. The number of nitrogens with zero attached hydrogens (tertiary/aromatic N) is 2. The number of carbonyl (C=O) groups excluding carboxylic acids is 1. The van der Waals surface area contributed by atoms with Crippen LogP contribution in [0.25, 0.3) is 0 Å². The third kappa shape index (κ3) is 5.68. The predicted molar refractivity (Wildman–Crippen MR) is 90.7 cm³/mol. The quantitative estimate of drug-likeness (QED) is 0.919. The lowest BCUT2D eigenvalue weighted by molar-refractivity contribution is 0.0101. The Morgan fingerprint density at radius 2 is 1.96 bits per heavy atom. The zero-order valence-electron chi connectivity index (χ0n) is 14.0. The number of piperazine rings is 1. The Hall–Kier alpha value is -1.30. The van der Waals surface area contributed by atoms with Crippen molar-refractivity contribution in [1.29, 1.82) is 0 Å². The molecule has 0 aliphatic carbocycles. The number of ether oxygens (including phenoxy) is 1. The van der Waals surface area contributed by atoms with Crippen LogP contribution in [0.1, 0.15) is 32.4 Å². The van der Waals surface area contributed by atoms with Gasteiger partial charge in [-0.15, -0.1) is 0 Å². The van der Waals surface area contributed by atoms with Crippen LogP contribution in [-0.4, -0.2) is 59.3 Å². The number of rotatable bonds is 3. The highest BCUT2D eigenvalue weighted by Gasteiger charge is 2.26. The van der Waals surface area contributed by atoms with Gasteiger partial charge in [0.15, 0.2) is 0 Å². The lowest BCUT2D eigenvalue weighted by Gasteiger charge is -2.36. The number of hydrogen-bond donors (Lipinski definition) is 1. The molecule has 1 aliphatic heterocycles. The highest BCUT2D eigenvalue weighted by molar-refractivity contribution is 6.30. The summed E-state index contributed by atoms with van der Waals surface area (Å²) >= 11 is 5.96. The summed E-state index contributed by atoms with van der Waals surface area (Å²) in [5.74, 6) is 0. The van der Waals surface area contributed by atoms with Crippen molar-refractivity contribution in [2.75, 3.05) is 32.7 Å². The molecular formula is C17H25ClN2O3. The second kappa shape index (κ2) is 7.51. The normalized spacial score (nSPS) is 17.9. The lowest BCUT2D eigenvalue weighted by Crippen LogP contribution is -2.50. The van der Waals surface area contributed by atoms with Crippen molar-refractivity contribution in [1.82, 2.24) is 9.80 Å². The highest BCUT2D eigenvalue weighted by atomic mass is 35.5. The molecule has 5 nitrogen and oxygen atoms in total. The number of halogens is 1. The van der Waals surface area contributed by atoms with E-state index in [1.165, 1.54) is 0 Å². The molecule has 0 saturated carbocycles. The number of β-amino-alcohol motifs (C(OH)–C–C–N with tert-alkyl or cyclic N) is 1. The molecule has 1 N–H and O–H groups in total. The van der Waals surface area contributed by atoms with E-state index in [-0.39, 0.29) is 6.09 Å². The minimum Gasteiger partial charge on any atom is -0.444 e. The monoisotopic (exact) mass is 340 g/mol. The summed E-state index contributed by atoms with van der Waals surface area (Å²) in [5, 5.41) is 10.9. The van der Waals surface area contributed by atoms with E-state index in [2.05, 4.69) is 4.90 Å². The van der Waals surface area contributed by atoms with Gasteiger partial charge in [-0.1, -0.05) is 23.7 Å². The van der Waals surface area contributed by atoms with Gasteiger partial charge >= 0.3 is 6.09 Å². The fraction of sp³-hybridized carbons (Fsp3) is 0.588. The van der Waals surface area contributed by atoms with Gasteiger partial charge in [0.05, 0.1) is 6.10 Å². The van der Waals surface area contributed by atoms with E-state index in [4.69, 9.17) is 16.3 Å². The second-order valence-corrected chi connectivity index (χ2v) is 7.28. The maximum atomic E-state index is 12.0. The molecule has 0 aromatic heterocycles. The summed E-state index contributed by atoms with van der Waals surface area (Å²) in [5.41, 5.74) is 0.337. The van der Waals surface area contributed by atoms with Gasteiger partial charge in [-0.05, 0) is 38.5 Å². The summed E-state index contributed by atoms with van der Waals surface area (Å²) in [4.78, 5) is 15.9. The molecule has 0 spiro atoms. The van der Waals surface area contributed by atoms with Crippen molar-refractivity contribution in [2.24, 2.45) is 0 Å². The molecule has 6 heteroatoms. The van der Waals surface area contributed by atoms with Gasteiger partial charge in [-0.25, -0.2) is 4.79 Å². The molecule has 2 rings (SSSR count). The number of carbonyl (C=O) groups is 1. The smallest absolute Gasteiger partial charge is 0.410 e. The fourth-order valence-corrected chi connectivity index (χ4v) is 2.70. The fourth-order valence-electron chi connectivity index (χ4n) is 2.50. The van der Waals surface area contributed by atoms with Gasteiger partial charge in [0.25, 0.3) is 0 Å². The summed E-state index contributed by atoms with van der Waals surface area (Å²) in [6.45, 7) is 8.78. The van der Waals surface area contributed by atoms with Crippen LogP contribution >= 0.6 is 11.6 Å². The molecule has 0 unspecified atom stereocenters. The zero-order valence-corrected chi connectivity index (χ0v) is 14.7. The third-order valence-electron chi connectivity index (χ3n) is 3.69. The van der Waals surface area contributed by atoms with Crippen molar-refractivity contribution in [2.45, 2.75) is 32.5 Å². The van der Waals surface area contributed by atoms with Crippen LogP contribution in [0.4, 0.5) is 4.79 Å². The minimum atomic E-state index is -0.582. The molecule has 1 aromatic carbocycles. The topological polar surface area (TPSA) is 53.0 Å². The molecule has 1 amide bonds. The lowest BCUT2D eigenvalue weighted by atomic mass is 10.1. The maximum absolute atomic E-state index is 12.0. The Kier molecular flexibility index (Phi) is 5.89. The SMILES string of the molecule is CC(C)(C)OC(=O)N1CCN(C[C@@H](O)c2cccc(Cl)c2)CC1. The maximum Gasteiger partial charge on any atom is 0.410 e. The van der Waals surface area contributed by atoms with Crippen LogP contribution < -0.4 is 0 Å². The number of aliphatic hydroxyl groups excluding tert-OH is 1.